The SMILES string of the molecule is COc1ccc(Br)cc1/C=C/C(=O)Nc1cc(-c2nc3ncccc3o2)ccc1C. The number of methoxy groups -OCH3 is 1. The number of carbonyl (C=O) groups is 1. The van der Waals surface area contributed by atoms with Crippen molar-refractivity contribution in [3.05, 3.63) is 76.4 Å². The van der Waals surface area contributed by atoms with Gasteiger partial charge in [0, 0.05) is 33.6 Å². The molecule has 2 aromatic carbocycles. The van der Waals surface area contributed by atoms with Crippen molar-refractivity contribution in [3.63, 3.8) is 0 Å². The van der Waals surface area contributed by atoms with Crippen LogP contribution >= 0.6 is 15.9 Å². The lowest BCUT2D eigenvalue weighted by Crippen LogP contribution is -2.09. The second-order valence-corrected chi connectivity index (χ2v) is 7.50. The van der Waals surface area contributed by atoms with Gasteiger partial charge in [-0.05, 0) is 61.0 Å². The average Bonchev–Trinajstić information content (AvgIpc) is 3.18. The summed E-state index contributed by atoms with van der Waals surface area (Å²) >= 11 is 3.43. The Kier molecular flexibility index (Phi) is 5.63. The van der Waals surface area contributed by atoms with Crippen molar-refractivity contribution in [2.24, 2.45) is 0 Å². The quantitative estimate of drug-likeness (QED) is 0.388. The molecule has 0 spiro atoms. The van der Waals surface area contributed by atoms with Gasteiger partial charge < -0.3 is 14.5 Å². The van der Waals surface area contributed by atoms with Crippen LogP contribution in [-0.4, -0.2) is 23.0 Å². The minimum absolute atomic E-state index is 0.253. The number of aryl methyl sites for hydroxylation is 1. The van der Waals surface area contributed by atoms with Gasteiger partial charge in [-0.1, -0.05) is 22.0 Å². The Bertz CT molecular complexity index is 1230. The average molecular weight is 464 g/mol. The number of aromatic nitrogens is 2. The van der Waals surface area contributed by atoms with E-state index in [1.54, 1.807) is 25.4 Å². The Morgan fingerprint density at radius 3 is 2.87 bits per heavy atom. The first kappa shape index (κ1) is 19.8. The van der Waals surface area contributed by atoms with E-state index in [0.29, 0.717) is 28.6 Å². The lowest BCUT2D eigenvalue weighted by atomic mass is 10.1. The second kappa shape index (κ2) is 8.51. The van der Waals surface area contributed by atoms with Crippen LogP contribution in [-0.2, 0) is 4.79 Å². The molecule has 30 heavy (non-hydrogen) atoms. The fourth-order valence-electron chi connectivity index (χ4n) is 2.96. The largest absolute Gasteiger partial charge is 0.496 e. The van der Waals surface area contributed by atoms with E-state index >= 15 is 0 Å². The number of halogens is 1. The standard InChI is InChI=1S/C23H18BrN3O3/c1-14-5-6-16(23-27-22-20(30-23)4-3-11-25-22)13-18(14)26-21(28)10-7-15-12-17(24)8-9-19(15)29-2/h3-13H,1-2H3,(H,26,28)/b10-7+. The van der Waals surface area contributed by atoms with Gasteiger partial charge in [0.05, 0.1) is 7.11 Å². The van der Waals surface area contributed by atoms with Crippen LogP contribution in [0.1, 0.15) is 11.1 Å². The molecule has 0 saturated carbocycles. The molecule has 2 aromatic heterocycles. The van der Waals surface area contributed by atoms with Gasteiger partial charge in [0.15, 0.2) is 11.2 Å². The highest BCUT2D eigenvalue weighted by atomic mass is 79.9. The van der Waals surface area contributed by atoms with Gasteiger partial charge in [-0.3, -0.25) is 4.79 Å². The number of benzene rings is 2. The molecule has 150 valence electrons. The smallest absolute Gasteiger partial charge is 0.248 e. The van der Waals surface area contributed by atoms with Crippen LogP contribution in [0.3, 0.4) is 0 Å². The molecule has 4 rings (SSSR count). The summed E-state index contributed by atoms with van der Waals surface area (Å²) in [5.41, 5.74) is 4.32. The molecule has 7 heteroatoms. The lowest BCUT2D eigenvalue weighted by Gasteiger charge is -2.08. The minimum Gasteiger partial charge on any atom is -0.496 e. The molecular weight excluding hydrogens is 446 g/mol. The number of hydrogen-bond donors (Lipinski definition) is 1. The van der Waals surface area contributed by atoms with Gasteiger partial charge in [-0.15, -0.1) is 0 Å². The van der Waals surface area contributed by atoms with Gasteiger partial charge in [0.1, 0.15) is 5.75 Å². The molecule has 1 N–H and O–H groups in total. The van der Waals surface area contributed by atoms with Crippen molar-refractivity contribution in [3.8, 4) is 17.2 Å². The zero-order valence-corrected chi connectivity index (χ0v) is 17.9. The highest BCUT2D eigenvalue weighted by Crippen LogP contribution is 2.28. The predicted molar refractivity (Wildman–Crippen MR) is 120 cm³/mol. The summed E-state index contributed by atoms with van der Waals surface area (Å²) in [6.07, 6.45) is 4.85. The van der Waals surface area contributed by atoms with Crippen LogP contribution in [0.4, 0.5) is 5.69 Å². The number of anilines is 1. The number of ether oxygens (including phenoxy) is 1. The summed E-state index contributed by atoms with van der Waals surface area (Å²) in [4.78, 5) is 21.1. The first-order valence-electron chi connectivity index (χ1n) is 9.18. The number of carbonyl (C=O) groups excluding carboxylic acids is 1. The Morgan fingerprint density at radius 1 is 1.20 bits per heavy atom. The molecule has 0 unspecified atom stereocenters. The van der Waals surface area contributed by atoms with Crippen molar-refractivity contribution in [2.75, 3.05) is 12.4 Å². The van der Waals surface area contributed by atoms with Crippen molar-refractivity contribution in [1.82, 2.24) is 9.97 Å². The van der Waals surface area contributed by atoms with E-state index < -0.39 is 0 Å². The minimum atomic E-state index is -0.253. The highest BCUT2D eigenvalue weighted by Gasteiger charge is 2.11. The Morgan fingerprint density at radius 2 is 2.07 bits per heavy atom. The van der Waals surface area contributed by atoms with Crippen LogP contribution in [0.5, 0.6) is 5.75 Å². The molecule has 0 aliphatic carbocycles. The van der Waals surface area contributed by atoms with Gasteiger partial charge in [-0.2, -0.15) is 4.98 Å². The third kappa shape index (κ3) is 4.26. The van der Waals surface area contributed by atoms with Gasteiger partial charge in [0.2, 0.25) is 11.8 Å². The van der Waals surface area contributed by atoms with E-state index in [2.05, 4.69) is 31.2 Å². The zero-order chi connectivity index (χ0) is 21.1. The van der Waals surface area contributed by atoms with E-state index in [0.717, 1.165) is 21.2 Å². The number of pyridine rings is 1. The van der Waals surface area contributed by atoms with Crippen molar-refractivity contribution in [2.45, 2.75) is 6.92 Å². The molecule has 0 bridgehead atoms. The molecule has 0 radical (unpaired) electrons. The maximum Gasteiger partial charge on any atom is 0.248 e. The van der Waals surface area contributed by atoms with Crippen LogP contribution < -0.4 is 10.1 Å². The highest BCUT2D eigenvalue weighted by molar-refractivity contribution is 9.10. The first-order valence-corrected chi connectivity index (χ1v) is 9.98. The number of rotatable bonds is 5. The third-order valence-electron chi connectivity index (χ3n) is 4.51. The van der Waals surface area contributed by atoms with Crippen LogP contribution in [0.2, 0.25) is 0 Å². The molecule has 0 fully saturated rings. The first-order chi connectivity index (χ1) is 14.5. The van der Waals surface area contributed by atoms with Crippen molar-refractivity contribution < 1.29 is 13.9 Å². The number of hydrogen-bond acceptors (Lipinski definition) is 5. The predicted octanol–water partition coefficient (Wildman–Crippen LogP) is 5.62. The summed E-state index contributed by atoms with van der Waals surface area (Å²) in [6.45, 7) is 1.92. The Hall–Kier alpha value is -3.45. The molecule has 0 aliphatic heterocycles. The molecule has 1 amide bonds. The lowest BCUT2D eigenvalue weighted by molar-refractivity contribution is -0.111. The number of oxazole rings is 1. The second-order valence-electron chi connectivity index (χ2n) is 6.58. The van der Waals surface area contributed by atoms with Crippen LogP contribution in [0, 0.1) is 6.92 Å². The molecule has 0 aliphatic rings. The fourth-order valence-corrected chi connectivity index (χ4v) is 3.34. The number of nitrogens with one attached hydrogen (secondary N) is 1. The number of fused-ring (bicyclic) bond motifs is 1. The van der Waals surface area contributed by atoms with E-state index in [4.69, 9.17) is 9.15 Å². The third-order valence-corrected chi connectivity index (χ3v) is 5.01. The van der Waals surface area contributed by atoms with E-state index in [-0.39, 0.29) is 5.91 Å². The fraction of sp³-hybridized carbons (Fsp3) is 0.0870. The topological polar surface area (TPSA) is 77.2 Å². The number of amides is 1. The maximum absolute atomic E-state index is 12.5. The zero-order valence-electron chi connectivity index (χ0n) is 16.3. The summed E-state index contributed by atoms with van der Waals surface area (Å²) in [6, 6.07) is 14.9. The van der Waals surface area contributed by atoms with Crippen molar-refractivity contribution in [1.29, 1.82) is 0 Å². The molecular formula is C23H18BrN3O3. The van der Waals surface area contributed by atoms with Gasteiger partial charge in [0.25, 0.3) is 0 Å². The monoisotopic (exact) mass is 463 g/mol. The molecule has 4 aromatic rings. The molecule has 0 atom stereocenters. The summed E-state index contributed by atoms with van der Waals surface area (Å²) in [5, 5.41) is 2.91. The van der Waals surface area contributed by atoms with Crippen LogP contribution in [0.25, 0.3) is 28.8 Å². The normalized spacial score (nSPS) is 11.2. The molecule has 0 saturated heterocycles. The molecule has 6 nitrogen and oxygen atoms in total. The van der Waals surface area contributed by atoms with Crippen LogP contribution in [0.15, 0.2) is 69.7 Å². The molecule has 2 heterocycles. The van der Waals surface area contributed by atoms with E-state index in [1.807, 2.05) is 49.4 Å². The summed E-state index contributed by atoms with van der Waals surface area (Å²) in [7, 11) is 1.59. The Labute approximate surface area is 181 Å². The Balaban J connectivity index is 1.56. The van der Waals surface area contributed by atoms with Gasteiger partial charge >= 0.3 is 0 Å². The summed E-state index contributed by atoms with van der Waals surface area (Å²) in [5.74, 6) is 0.884. The van der Waals surface area contributed by atoms with Gasteiger partial charge in [-0.25, -0.2) is 4.98 Å². The maximum atomic E-state index is 12.5. The number of nitrogens with zero attached hydrogens (tertiary/aromatic N) is 2. The summed E-state index contributed by atoms with van der Waals surface area (Å²) < 4.78 is 12.0. The van der Waals surface area contributed by atoms with E-state index in [1.165, 1.54) is 6.08 Å². The van der Waals surface area contributed by atoms with Crippen molar-refractivity contribution >= 4 is 44.8 Å². The van der Waals surface area contributed by atoms with E-state index in [9.17, 15) is 4.79 Å².